The van der Waals surface area contributed by atoms with Gasteiger partial charge in [-0.3, -0.25) is 0 Å². The molecule has 28 heavy (non-hydrogen) atoms. The van der Waals surface area contributed by atoms with Crippen LogP contribution in [0, 0.1) is 0 Å². The van der Waals surface area contributed by atoms with E-state index < -0.39 is 0 Å². The molecule has 0 aliphatic carbocycles. The van der Waals surface area contributed by atoms with E-state index in [-0.39, 0.29) is 0 Å². The van der Waals surface area contributed by atoms with Gasteiger partial charge in [0, 0.05) is 22.0 Å². The lowest BCUT2D eigenvalue weighted by Gasteiger charge is -2.20. The van der Waals surface area contributed by atoms with Crippen molar-refractivity contribution in [2.45, 2.75) is 46.1 Å². The number of rotatable bonds is 11. The lowest BCUT2D eigenvalue weighted by Crippen LogP contribution is -2.26. The second-order valence-corrected chi connectivity index (χ2v) is 7.46. The van der Waals surface area contributed by atoms with Crippen LogP contribution in [0.5, 0.6) is 5.75 Å². The normalized spacial score (nSPS) is 10.5. The summed E-state index contributed by atoms with van der Waals surface area (Å²) < 4.78 is 5.84. The molecule has 2 aromatic rings. The van der Waals surface area contributed by atoms with Crippen LogP contribution in [0.4, 0.5) is 0 Å². The molecule has 0 amide bonds. The van der Waals surface area contributed by atoms with Crippen molar-refractivity contribution >= 4 is 34.8 Å². The van der Waals surface area contributed by atoms with E-state index in [0.29, 0.717) is 16.7 Å². The summed E-state index contributed by atoms with van der Waals surface area (Å²) in [6.45, 7) is 8.52. The first-order chi connectivity index (χ1) is 13.6. The zero-order chi connectivity index (χ0) is 20.8. The first-order valence-corrected chi connectivity index (χ1v) is 11.4. The van der Waals surface area contributed by atoms with Gasteiger partial charge in [-0.05, 0) is 75.1 Å². The van der Waals surface area contributed by atoms with Crippen LogP contribution < -0.4 is 4.74 Å². The molecule has 0 saturated heterocycles. The van der Waals surface area contributed by atoms with Crippen LogP contribution in [0.3, 0.4) is 0 Å². The van der Waals surface area contributed by atoms with Crippen LogP contribution in [-0.2, 0) is 13.0 Å². The molecule has 0 radical (unpaired) electrons. The van der Waals surface area contributed by atoms with Crippen molar-refractivity contribution in [2.75, 3.05) is 26.0 Å². The van der Waals surface area contributed by atoms with Crippen molar-refractivity contribution in [1.82, 2.24) is 4.90 Å². The van der Waals surface area contributed by atoms with Gasteiger partial charge in [-0.15, -0.1) is 11.6 Å². The third kappa shape index (κ3) is 9.52. The molecule has 0 aliphatic heterocycles. The minimum Gasteiger partial charge on any atom is -0.489 e. The van der Waals surface area contributed by atoms with Gasteiger partial charge in [0.2, 0.25) is 0 Å². The number of halogens is 3. The number of ether oxygens (including phenoxy) is 1. The van der Waals surface area contributed by atoms with Crippen LogP contribution in [0.2, 0.25) is 10.0 Å². The quantitative estimate of drug-likeness (QED) is 0.333. The number of nitrogens with zero attached hydrogens (tertiary/aromatic N) is 1. The molecule has 0 aliphatic rings. The van der Waals surface area contributed by atoms with E-state index in [2.05, 4.69) is 42.5 Å². The average Bonchev–Trinajstić information content (AvgIpc) is 2.70. The van der Waals surface area contributed by atoms with E-state index in [1.54, 1.807) is 6.07 Å². The van der Waals surface area contributed by atoms with Gasteiger partial charge in [0.05, 0.1) is 0 Å². The van der Waals surface area contributed by atoms with Crippen molar-refractivity contribution in [3.05, 3.63) is 63.6 Å². The molecule has 2 nitrogen and oxygen atoms in total. The van der Waals surface area contributed by atoms with Gasteiger partial charge in [-0.1, -0.05) is 55.2 Å². The lowest BCUT2D eigenvalue weighted by atomic mass is 10.1. The van der Waals surface area contributed by atoms with Gasteiger partial charge in [-0.25, -0.2) is 0 Å². The van der Waals surface area contributed by atoms with Crippen molar-refractivity contribution in [1.29, 1.82) is 0 Å². The first kappa shape index (κ1) is 25.1. The number of hydrogen-bond donors (Lipinski definition) is 0. The predicted octanol–water partition coefficient (Wildman–Crippen LogP) is 7.48. The van der Waals surface area contributed by atoms with Crippen LogP contribution in [0.25, 0.3) is 0 Å². The zero-order valence-electron chi connectivity index (χ0n) is 17.2. The highest BCUT2D eigenvalue weighted by Crippen LogP contribution is 2.23. The highest BCUT2D eigenvalue weighted by atomic mass is 35.5. The molecule has 0 fully saturated rings. The maximum atomic E-state index is 6.18. The Morgan fingerprint density at radius 1 is 0.857 bits per heavy atom. The minimum absolute atomic E-state index is 0.443. The topological polar surface area (TPSA) is 12.5 Å². The molecule has 2 aromatic carbocycles. The Bertz CT molecular complexity index is 655. The van der Waals surface area contributed by atoms with Crippen molar-refractivity contribution in [3.63, 3.8) is 0 Å². The molecule has 0 spiro atoms. The van der Waals surface area contributed by atoms with Crippen molar-refractivity contribution < 1.29 is 4.74 Å². The highest BCUT2D eigenvalue weighted by molar-refractivity contribution is 6.35. The molecule has 0 saturated carbocycles. The van der Waals surface area contributed by atoms with Gasteiger partial charge in [0.15, 0.2) is 0 Å². The zero-order valence-corrected chi connectivity index (χ0v) is 19.5. The molecule has 0 bridgehead atoms. The number of alkyl halides is 1. The maximum Gasteiger partial charge on any atom is 0.119 e. The number of benzene rings is 2. The molecule has 0 heterocycles. The van der Waals surface area contributed by atoms with Gasteiger partial charge in [0.25, 0.3) is 0 Å². The van der Waals surface area contributed by atoms with E-state index >= 15 is 0 Å². The Morgan fingerprint density at radius 3 is 2.07 bits per heavy atom. The summed E-state index contributed by atoms with van der Waals surface area (Å²) in [5.41, 5.74) is 2.29. The Morgan fingerprint density at radius 2 is 1.50 bits per heavy atom. The van der Waals surface area contributed by atoms with Crippen molar-refractivity contribution in [2.24, 2.45) is 0 Å². The molecular formula is C23H32Cl3NO. The molecule has 5 heteroatoms. The first-order valence-electron chi connectivity index (χ1n) is 9.88. The maximum absolute atomic E-state index is 6.18. The van der Waals surface area contributed by atoms with Crippen LogP contribution >= 0.6 is 34.8 Å². The molecule has 0 aromatic heterocycles. The Labute approximate surface area is 185 Å². The summed E-state index contributed by atoms with van der Waals surface area (Å²) in [5, 5.41) is 1.28. The van der Waals surface area contributed by atoms with Crippen LogP contribution in [0.1, 0.15) is 44.2 Å². The second kappa shape index (κ2) is 15.0. The molecule has 2 rings (SSSR count). The van der Waals surface area contributed by atoms with Gasteiger partial charge in [0.1, 0.15) is 12.4 Å². The third-order valence-corrected chi connectivity index (χ3v) is 4.94. The Balaban J connectivity index is 0.00000190. The fourth-order valence-electron chi connectivity index (χ4n) is 3.03. The van der Waals surface area contributed by atoms with Crippen LogP contribution in [0.15, 0.2) is 42.5 Å². The van der Waals surface area contributed by atoms with Gasteiger partial charge >= 0.3 is 0 Å². The van der Waals surface area contributed by atoms with E-state index in [0.717, 1.165) is 17.7 Å². The van der Waals surface area contributed by atoms with Gasteiger partial charge in [-0.2, -0.15) is 0 Å². The SMILES string of the molecule is CCCN(CCC)CCCc1ccc(OCc2ccc(Cl)cc2Cl)cc1.CCl. The third-order valence-electron chi connectivity index (χ3n) is 4.35. The van der Waals surface area contributed by atoms with E-state index in [9.17, 15) is 0 Å². The van der Waals surface area contributed by atoms with Crippen LogP contribution in [-0.4, -0.2) is 30.9 Å². The average molecular weight is 445 g/mol. The van der Waals surface area contributed by atoms with E-state index in [4.69, 9.17) is 27.9 Å². The predicted molar refractivity (Wildman–Crippen MR) is 124 cm³/mol. The Hall–Kier alpha value is -0.930. The summed E-state index contributed by atoms with van der Waals surface area (Å²) in [4.78, 5) is 2.56. The molecule has 0 unspecified atom stereocenters. The number of aryl methyl sites for hydroxylation is 1. The summed E-state index contributed by atoms with van der Waals surface area (Å²) >= 11 is 16.7. The Kier molecular flexibility index (Phi) is 13.4. The summed E-state index contributed by atoms with van der Waals surface area (Å²) in [7, 11) is 0. The molecule has 156 valence electrons. The molecular weight excluding hydrogens is 413 g/mol. The fraction of sp³-hybridized carbons (Fsp3) is 0.478. The molecule has 0 atom stereocenters. The number of hydrogen-bond acceptors (Lipinski definition) is 2. The largest absolute Gasteiger partial charge is 0.489 e. The lowest BCUT2D eigenvalue weighted by molar-refractivity contribution is 0.271. The van der Waals surface area contributed by atoms with Gasteiger partial charge < -0.3 is 9.64 Å². The summed E-state index contributed by atoms with van der Waals surface area (Å²) in [5.74, 6) is 0.860. The van der Waals surface area contributed by atoms with Crippen molar-refractivity contribution in [3.8, 4) is 5.75 Å². The second-order valence-electron chi connectivity index (χ2n) is 6.61. The minimum atomic E-state index is 0.443. The highest BCUT2D eigenvalue weighted by Gasteiger charge is 2.04. The van der Waals surface area contributed by atoms with E-state index in [1.807, 2.05) is 24.3 Å². The monoisotopic (exact) mass is 443 g/mol. The molecule has 0 N–H and O–H groups in total. The fourth-order valence-corrected chi connectivity index (χ4v) is 3.49. The summed E-state index contributed by atoms with van der Waals surface area (Å²) in [6, 6.07) is 13.9. The van der Waals surface area contributed by atoms with E-state index in [1.165, 1.54) is 50.8 Å². The summed E-state index contributed by atoms with van der Waals surface area (Å²) in [6.07, 6.45) is 6.22. The smallest absolute Gasteiger partial charge is 0.119 e. The standard InChI is InChI=1S/C22H29Cl2NO.CH3Cl/c1-3-13-25(14-4-2)15-5-6-18-7-11-21(12-8-18)26-17-19-9-10-20(23)16-22(19)24;1-2/h7-12,16H,3-6,13-15,17H2,1-2H3;1H3.